The SMILES string of the molecule is O=C(c1ccccc1)c1cccc(NC(=O)c2cc3c(F)cccc3[nH]2)c1. The molecule has 132 valence electrons. The molecular weight excluding hydrogens is 343 g/mol. The van der Waals surface area contributed by atoms with E-state index in [1.807, 2.05) is 6.07 Å². The van der Waals surface area contributed by atoms with Crippen molar-refractivity contribution in [2.75, 3.05) is 5.32 Å². The number of carbonyl (C=O) groups excluding carboxylic acids is 2. The zero-order valence-electron chi connectivity index (χ0n) is 14.2. The number of anilines is 1. The van der Waals surface area contributed by atoms with Crippen LogP contribution in [0.4, 0.5) is 10.1 Å². The quantitative estimate of drug-likeness (QED) is 0.515. The van der Waals surface area contributed by atoms with Crippen LogP contribution in [0.3, 0.4) is 0 Å². The van der Waals surface area contributed by atoms with Gasteiger partial charge in [0.05, 0.1) is 0 Å². The van der Waals surface area contributed by atoms with Gasteiger partial charge in [0.15, 0.2) is 5.78 Å². The summed E-state index contributed by atoms with van der Waals surface area (Å²) in [6.07, 6.45) is 0. The zero-order chi connectivity index (χ0) is 18.8. The third-order valence-electron chi connectivity index (χ3n) is 4.27. The van der Waals surface area contributed by atoms with Crippen LogP contribution < -0.4 is 5.32 Å². The lowest BCUT2D eigenvalue weighted by molar-refractivity contribution is 0.101. The predicted molar refractivity (Wildman–Crippen MR) is 103 cm³/mol. The lowest BCUT2D eigenvalue weighted by Gasteiger charge is -2.06. The normalized spacial score (nSPS) is 10.7. The van der Waals surface area contributed by atoms with Crippen molar-refractivity contribution in [2.45, 2.75) is 0 Å². The highest BCUT2D eigenvalue weighted by Crippen LogP contribution is 2.20. The Morgan fingerprint density at radius 1 is 0.815 bits per heavy atom. The summed E-state index contributed by atoms with van der Waals surface area (Å²) in [5.74, 6) is -0.924. The predicted octanol–water partition coefficient (Wildman–Crippen LogP) is 4.79. The van der Waals surface area contributed by atoms with Crippen molar-refractivity contribution < 1.29 is 14.0 Å². The summed E-state index contributed by atoms with van der Waals surface area (Å²) in [6, 6.07) is 21.7. The molecule has 5 heteroatoms. The van der Waals surface area contributed by atoms with Crippen LogP contribution in [0.1, 0.15) is 26.4 Å². The van der Waals surface area contributed by atoms with Crippen LogP contribution in [0.15, 0.2) is 78.9 Å². The van der Waals surface area contributed by atoms with E-state index in [9.17, 15) is 14.0 Å². The van der Waals surface area contributed by atoms with Gasteiger partial charge in [0, 0.05) is 27.7 Å². The van der Waals surface area contributed by atoms with E-state index in [1.165, 1.54) is 12.1 Å². The molecule has 27 heavy (non-hydrogen) atoms. The fourth-order valence-corrected chi connectivity index (χ4v) is 2.93. The van der Waals surface area contributed by atoms with Gasteiger partial charge in [0.25, 0.3) is 5.91 Å². The number of ketones is 1. The smallest absolute Gasteiger partial charge is 0.272 e. The second-order valence-electron chi connectivity index (χ2n) is 6.11. The molecule has 0 fully saturated rings. The number of hydrogen-bond acceptors (Lipinski definition) is 2. The van der Waals surface area contributed by atoms with Crippen LogP contribution >= 0.6 is 0 Å². The first-order valence-corrected chi connectivity index (χ1v) is 8.40. The Morgan fingerprint density at radius 3 is 2.33 bits per heavy atom. The topological polar surface area (TPSA) is 62.0 Å². The molecule has 1 aromatic heterocycles. The molecule has 4 nitrogen and oxygen atoms in total. The number of aromatic amines is 1. The maximum atomic E-state index is 13.8. The summed E-state index contributed by atoms with van der Waals surface area (Å²) in [5, 5.41) is 3.10. The van der Waals surface area contributed by atoms with Crippen LogP contribution in [0.2, 0.25) is 0 Å². The lowest BCUT2D eigenvalue weighted by atomic mass is 10.0. The standard InChI is InChI=1S/C22H15FN2O2/c23-18-10-5-11-19-17(18)13-20(25-19)22(27)24-16-9-4-8-15(12-16)21(26)14-6-2-1-3-7-14/h1-13,25H,(H,24,27). The second kappa shape index (κ2) is 6.88. The van der Waals surface area contributed by atoms with Gasteiger partial charge in [-0.3, -0.25) is 9.59 Å². The van der Waals surface area contributed by atoms with Gasteiger partial charge in [0.2, 0.25) is 0 Å². The van der Waals surface area contributed by atoms with E-state index in [4.69, 9.17) is 0 Å². The second-order valence-corrected chi connectivity index (χ2v) is 6.11. The van der Waals surface area contributed by atoms with Gasteiger partial charge >= 0.3 is 0 Å². The minimum Gasteiger partial charge on any atom is -0.350 e. The highest BCUT2D eigenvalue weighted by Gasteiger charge is 2.13. The van der Waals surface area contributed by atoms with Crippen molar-refractivity contribution in [3.63, 3.8) is 0 Å². The van der Waals surface area contributed by atoms with Gasteiger partial charge in [0.1, 0.15) is 11.5 Å². The summed E-state index contributed by atoms with van der Waals surface area (Å²) < 4.78 is 13.8. The highest BCUT2D eigenvalue weighted by molar-refractivity contribution is 6.10. The first-order chi connectivity index (χ1) is 13.1. The molecule has 0 radical (unpaired) electrons. The Morgan fingerprint density at radius 2 is 1.56 bits per heavy atom. The third kappa shape index (κ3) is 3.35. The van der Waals surface area contributed by atoms with Crippen molar-refractivity contribution in [2.24, 2.45) is 0 Å². The first kappa shape index (κ1) is 16.7. The van der Waals surface area contributed by atoms with Crippen molar-refractivity contribution in [3.8, 4) is 0 Å². The minimum atomic E-state index is -0.407. The van der Waals surface area contributed by atoms with E-state index in [1.54, 1.807) is 60.7 Å². The Bertz CT molecular complexity index is 1150. The number of aromatic nitrogens is 1. The van der Waals surface area contributed by atoms with E-state index < -0.39 is 11.7 Å². The summed E-state index contributed by atoms with van der Waals surface area (Å²) in [4.78, 5) is 27.9. The zero-order valence-corrected chi connectivity index (χ0v) is 14.2. The van der Waals surface area contributed by atoms with Crippen molar-refractivity contribution >= 4 is 28.3 Å². The minimum absolute atomic E-state index is 0.126. The summed E-state index contributed by atoms with van der Waals surface area (Å²) in [6.45, 7) is 0. The molecule has 2 N–H and O–H groups in total. The van der Waals surface area contributed by atoms with Gasteiger partial charge < -0.3 is 10.3 Å². The molecule has 0 bridgehead atoms. The maximum absolute atomic E-state index is 13.8. The Hall–Kier alpha value is -3.73. The average molecular weight is 358 g/mol. The number of H-pyrrole nitrogens is 1. The number of nitrogens with one attached hydrogen (secondary N) is 2. The number of carbonyl (C=O) groups is 2. The van der Waals surface area contributed by atoms with Gasteiger partial charge in [-0.1, -0.05) is 48.5 Å². The first-order valence-electron chi connectivity index (χ1n) is 8.40. The lowest BCUT2D eigenvalue weighted by Crippen LogP contribution is -2.12. The van der Waals surface area contributed by atoms with Crippen molar-refractivity contribution in [1.82, 2.24) is 4.98 Å². The van der Waals surface area contributed by atoms with E-state index in [0.717, 1.165) is 0 Å². The number of halogens is 1. The van der Waals surface area contributed by atoms with Crippen molar-refractivity contribution in [1.29, 1.82) is 0 Å². The van der Waals surface area contributed by atoms with E-state index in [0.29, 0.717) is 27.7 Å². The molecule has 1 amide bonds. The van der Waals surface area contributed by atoms with Crippen LogP contribution in [0, 0.1) is 5.82 Å². The molecule has 1 heterocycles. The number of amides is 1. The van der Waals surface area contributed by atoms with E-state index in [-0.39, 0.29) is 11.5 Å². The average Bonchev–Trinajstić information content (AvgIpc) is 3.14. The van der Waals surface area contributed by atoms with Crippen LogP contribution in [0.5, 0.6) is 0 Å². The molecule has 0 spiro atoms. The summed E-state index contributed by atoms with van der Waals surface area (Å²) in [7, 11) is 0. The molecule has 4 aromatic rings. The van der Waals surface area contributed by atoms with Crippen LogP contribution in [-0.4, -0.2) is 16.7 Å². The van der Waals surface area contributed by atoms with Gasteiger partial charge in [-0.2, -0.15) is 0 Å². The molecule has 0 saturated carbocycles. The van der Waals surface area contributed by atoms with Gasteiger partial charge in [-0.25, -0.2) is 4.39 Å². The summed E-state index contributed by atoms with van der Waals surface area (Å²) >= 11 is 0. The van der Waals surface area contributed by atoms with Crippen LogP contribution in [-0.2, 0) is 0 Å². The molecule has 3 aromatic carbocycles. The maximum Gasteiger partial charge on any atom is 0.272 e. The molecule has 0 aliphatic rings. The van der Waals surface area contributed by atoms with E-state index in [2.05, 4.69) is 10.3 Å². The van der Waals surface area contributed by atoms with E-state index >= 15 is 0 Å². The van der Waals surface area contributed by atoms with Gasteiger partial charge in [-0.05, 0) is 30.3 Å². The molecule has 0 aliphatic heterocycles. The Labute approximate surface area is 154 Å². The molecule has 0 unspecified atom stereocenters. The molecule has 0 atom stereocenters. The number of hydrogen-bond donors (Lipinski definition) is 2. The number of rotatable bonds is 4. The molecular formula is C22H15FN2O2. The Balaban J connectivity index is 1.58. The third-order valence-corrected chi connectivity index (χ3v) is 4.27. The number of benzene rings is 3. The fourth-order valence-electron chi connectivity index (χ4n) is 2.93. The highest BCUT2D eigenvalue weighted by atomic mass is 19.1. The monoisotopic (exact) mass is 358 g/mol. The van der Waals surface area contributed by atoms with Crippen molar-refractivity contribution in [3.05, 3.63) is 102 Å². The summed E-state index contributed by atoms with van der Waals surface area (Å²) in [5.41, 5.74) is 2.33. The molecule has 0 saturated heterocycles. The van der Waals surface area contributed by atoms with Gasteiger partial charge in [-0.15, -0.1) is 0 Å². The fraction of sp³-hybridized carbons (Fsp3) is 0. The van der Waals surface area contributed by atoms with Crippen LogP contribution in [0.25, 0.3) is 10.9 Å². The molecule has 4 rings (SSSR count). The number of fused-ring (bicyclic) bond motifs is 1. The largest absolute Gasteiger partial charge is 0.350 e. The molecule has 0 aliphatic carbocycles. The Kier molecular flexibility index (Phi) is 4.26.